The molecular formula is C20H31N5O3. The number of nitrogens with zero attached hydrogens (tertiary/aromatic N) is 4. The first kappa shape index (κ1) is 19.4. The average molecular weight is 390 g/mol. The maximum atomic E-state index is 13.1. The first-order chi connectivity index (χ1) is 13.5. The molecule has 4 heterocycles. The highest BCUT2D eigenvalue weighted by atomic mass is 16.5. The molecule has 0 bridgehead atoms. The number of fused-ring (bicyclic) bond motifs is 2. The first-order valence-corrected chi connectivity index (χ1v) is 10.3. The summed E-state index contributed by atoms with van der Waals surface area (Å²) in [6.45, 7) is 4.01. The van der Waals surface area contributed by atoms with Gasteiger partial charge in [-0.3, -0.25) is 9.59 Å². The fourth-order valence-electron chi connectivity index (χ4n) is 5.27. The van der Waals surface area contributed by atoms with E-state index in [9.17, 15) is 9.59 Å². The van der Waals surface area contributed by atoms with Crippen molar-refractivity contribution in [1.82, 2.24) is 24.7 Å². The number of piperidine rings is 2. The number of H-pyrrole nitrogens is 1. The van der Waals surface area contributed by atoms with Crippen LogP contribution in [0.4, 0.5) is 0 Å². The molecule has 2 saturated heterocycles. The molecule has 0 aromatic carbocycles. The van der Waals surface area contributed by atoms with Gasteiger partial charge in [0.25, 0.3) is 0 Å². The van der Waals surface area contributed by atoms with E-state index in [4.69, 9.17) is 4.74 Å². The van der Waals surface area contributed by atoms with Crippen LogP contribution in [0.3, 0.4) is 0 Å². The SMILES string of the molecule is COCC(=O)N1CCc2[nH]cnc2C12CCN(C(=O)C1CCCN(C)C1)CC2. The van der Waals surface area contributed by atoms with E-state index in [0.29, 0.717) is 19.6 Å². The van der Waals surface area contributed by atoms with Gasteiger partial charge in [-0.25, -0.2) is 4.98 Å². The minimum atomic E-state index is -0.427. The van der Waals surface area contributed by atoms with Gasteiger partial charge in [0.05, 0.1) is 23.5 Å². The van der Waals surface area contributed by atoms with E-state index in [1.165, 1.54) is 0 Å². The molecule has 1 N–H and O–H groups in total. The second-order valence-electron chi connectivity index (χ2n) is 8.42. The lowest BCUT2D eigenvalue weighted by Crippen LogP contribution is -2.60. The van der Waals surface area contributed by atoms with E-state index in [0.717, 1.165) is 56.6 Å². The standard InChI is InChI=1S/C20H31N5O3/c1-23-8-3-4-15(12-23)19(27)24-10-6-20(7-11-24)18-16(21-14-22-18)5-9-25(20)17(26)13-28-2/h14-15H,3-13H2,1-2H3,(H,21,22). The number of hydrogen-bond acceptors (Lipinski definition) is 5. The predicted molar refractivity (Wildman–Crippen MR) is 104 cm³/mol. The van der Waals surface area contributed by atoms with Crippen molar-refractivity contribution >= 4 is 11.8 Å². The molecule has 8 heteroatoms. The van der Waals surface area contributed by atoms with Crippen molar-refractivity contribution in [2.45, 2.75) is 37.6 Å². The van der Waals surface area contributed by atoms with Crippen LogP contribution in [0.15, 0.2) is 6.33 Å². The number of imidazole rings is 1. The van der Waals surface area contributed by atoms with E-state index in [1.807, 2.05) is 9.80 Å². The summed E-state index contributed by atoms with van der Waals surface area (Å²) in [4.78, 5) is 39.9. The summed E-state index contributed by atoms with van der Waals surface area (Å²) in [5.74, 6) is 0.380. The van der Waals surface area contributed by atoms with E-state index in [2.05, 4.69) is 21.9 Å². The summed E-state index contributed by atoms with van der Waals surface area (Å²) < 4.78 is 5.12. The molecule has 28 heavy (non-hydrogen) atoms. The zero-order valence-corrected chi connectivity index (χ0v) is 16.9. The Bertz CT molecular complexity index is 725. The second-order valence-corrected chi connectivity index (χ2v) is 8.42. The Kier molecular flexibility index (Phi) is 5.42. The van der Waals surface area contributed by atoms with Gasteiger partial charge in [-0.15, -0.1) is 0 Å². The van der Waals surface area contributed by atoms with Gasteiger partial charge in [0, 0.05) is 45.4 Å². The highest BCUT2D eigenvalue weighted by Crippen LogP contribution is 2.42. The third kappa shape index (κ3) is 3.33. The highest BCUT2D eigenvalue weighted by Gasteiger charge is 2.49. The number of aromatic nitrogens is 2. The van der Waals surface area contributed by atoms with Crippen molar-refractivity contribution in [1.29, 1.82) is 0 Å². The van der Waals surface area contributed by atoms with Gasteiger partial charge in [0.15, 0.2) is 0 Å². The number of carbonyl (C=O) groups is 2. The lowest BCUT2D eigenvalue weighted by molar-refractivity contribution is -0.149. The van der Waals surface area contributed by atoms with Gasteiger partial charge in [-0.1, -0.05) is 0 Å². The van der Waals surface area contributed by atoms with Crippen LogP contribution >= 0.6 is 0 Å². The van der Waals surface area contributed by atoms with Gasteiger partial charge in [-0.05, 0) is 39.3 Å². The van der Waals surface area contributed by atoms with Gasteiger partial charge in [-0.2, -0.15) is 0 Å². The van der Waals surface area contributed by atoms with Crippen molar-refractivity contribution in [2.24, 2.45) is 5.92 Å². The number of rotatable bonds is 3. The Morgan fingerprint density at radius 1 is 1.29 bits per heavy atom. The molecule has 3 aliphatic rings. The molecule has 1 atom stereocenters. The van der Waals surface area contributed by atoms with Gasteiger partial charge >= 0.3 is 0 Å². The van der Waals surface area contributed by atoms with Gasteiger partial charge in [0.1, 0.15) is 6.61 Å². The maximum absolute atomic E-state index is 13.1. The van der Waals surface area contributed by atoms with E-state index >= 15 is 0 Å². The second kappa shape index (κ2) is 7.83. The number of nitrogens with one attached hydrogen (secondary N) is 1. The number of amides is 2. The molecule has 1 spiro atoms. The fourth-order valence-corrected chi connectivity index (χ4v) is 5.27. The van der Waals surface area contributed by atoms with Crippen LogP contribution in [0.2, 0.25) is 0 Å². The molecule has 3 aliphatic heterocycles. The number of ether oxygens (including phenoxy) is 1. The monoisotopic (exact) mass is 389 g/mol. The van der Waals surface area contributed by atoms with Crippen LogP contribution in [-0.4, -0.2) is 90.0 Å². The summed E-state index contributed by atoms with van der Waals surface area (Å²) in [5.41, 5.74) is 1.67. The summed E-state index contributed by atoms with van der Waals surface area (Å²) in [6, 6.07) is 0. The smallest absolute Gasteiger partial charge is 0.249 e. The molecule has 1 aromatic heterocycles. The van der Waals surface area contributed by atoms with Crippen molar-refractivity contribution in [3.05, 3.63) is 17.7 Å². The lowest BCUT2D eigenvalue weighted by Gasteiger charge is -2.50. The van der Waals surface area contributed by atoms with Crippen molar-refractivity contribution in [2.75, 3.05) is 53.5 Å². The highest BCUT2D eigenvalue weighted by molar-refractivity contribution is 5.80. The molecule has 2 amide bonds. The van der Waals surface area contributed by atoms with Crippen LogP contribution in [0.1, 0.15) is 37.1 Å². The third-order valence-corrected chi connectivity index (χ3v) is 6.71. The predicted octanol–water partition coefficient (Wildman–Crippen LogP) is 0.600. The molecule has 1 aromatic rings. The van der Waals surface area contributed by atoms with Gasteiger partial charge < -0.3 is 24.4 Å². The number of likely N-dealkylation sites (tertiary alicyclic amines) is 2. The minimum Gasteiger partial charge on any atom is -0.375 e. The van der Waals surface area contributed by atoms with Crippen molar-refractivity contribution in [3.8, 4) is 0 Å². The van der Waals surface area contributed by atoms with Crippen LogP contribution in [-0.2, 0) is 26.3 Å². The number of methoxy groups -OCH3 is 1. The summed E-state index contributed by atoms with van der Waals surface area (Å²) in [7, 11) is 3.64. The largest absolute Gasteiger partial charge is 0.375 e. The van der Waals surface area contributed by atoms with Crippen LogP contribution in [0, 0.1) is 5.92 Å². The normalized spacial score (nSPS) is 25.0. The Hall–Kier alpha value is -1.93. The van der Waals surface area contributed by atoms with Crippen LogP contribution in [0.5, 0.6) is 0 Å². The summed E-state index contributed by atoms with van der Waals surface area (Å²) in [5, 5.41) is 0. The van der Waals surface area contributed by atoms with Crippen LogP contribution in [0.25, 0.3) is 0 Å². The maximum Gasteiger partial charge on any atom is 0.249 e. The Balaban J connectivity index is 1.52. The average Bonchev–Trinajstić information content (AvgIpc) is 3.18. The number of carbonyl (C=O) groups excluding carboxylic acids is 2. The van der Waals surface area contributed by atoms with Crippen LogP contribution < -0.4 is 0 Å². The Morgan fingerprint density at radius 3 is 2.79 bits per heavy atom. The van der Waals surface area contributed by atoms with E-state index in [-0.39, 0.29) is 24.3 Å². The summed E-state index contributed by atoms with van der Waals surface area (Å²) >= 11 is 0. The van der Waals surface area contributed by atoms with E-state index in [1.54, 1.807) is 13.4 Å². The third-order valence-electron chi connectivity index (χ3n) is 6.71. The van der Waals surface area contributed by atoms with Crippen molar-refractivity contribution < 1.29 is 14.3 Å². The molecule has 0 radical (unpaired) electrons. The van der Waals surface area contributed by atoms with E-state index < -0.39 is 5.54 Å². The summed E-state index contributed by atoms with van der Waals surface area (Å²) in [6.07, 6.45) is 6.03. The molecular weight excluding hydrogens is 358 g/mol. The topological polar surface area (TPSA) is 81.8 Å². The molecule has 4 rings (SSSR count). The Labute approximate surface area is 166 Å². The zero-order valence-electron chi connectivity index (χ0n) is 16.9. The quantitative estimate of drug-likeness (QED) is 0.819. The number of hydrogen-bond donors (Lipinski definition) is 1. The molecule has 1 unspecified atom stereocenters. The fraction of sp³-hybridized carbons (Fsp3) is 0.750. The molecule has 0 aliphatic carbocycles. The first-order valence-electron chi connectivity index (χ1n) is 10.3. The van der Waals surface area contributed by atoms with Crippen molar-refractivity contribution in [3.63, 3.8) is 0 Å². The molecule has 0 saturated carbocycles. The molecule has 154 valence electrons. The number of aromatic amines is 1. The molecule has 2 fully saturated rings. The minimum absolute atomic E-state index is 0.00447. The lowest BCUT2D eigenvalue weighted by atomic mass is 9.78. The van der Waals surface area contributed by atoms with Gasteiger partial charge in [0.2, 0.25) is 11.8 Å². The zero-order chi connectivity index (χ0) is 19.7. The molecule has 8 nitrogen and oxygen atoms in total. The Morgan fingerprint density at radius 2 is 2.07 bits per heavy atom.